The van der Waals surface area contributed by atoms with Crippen LogP contribution in [0.25, 0.3) is 0 Å². The van der Waals surface area contributed by atoms with E-state index in [1.807, 2.05) is 36.4 Å². The van der Waals surface area contributed by atoms with Gasteiger partial charge in [0.05, 0.1) is 6.04 Å². The van der Waals surface area contributed by atoms with Crippen LogP contribution in [0.3, 0.4) is 0 Å². The molecule has 106 valence electrons. The SMILES string of the molecule is N[C@@H](C1=CC=CC1[C@@H](N)c1ccccc1)c1ccccc1. The normalized spacial score (nSPS) is 20.1. The van der Waals surface area contributed by atoms with E-state index in [1.165, 1.54) is 5.57 Å². The molecule has 0 radical (unpaired) electrons. The highest BCUT2D eigenvalue weighted by molar-refractivity contribution is 5.39. The number of rotatable bonds is 4. The van der Waals surface area contributed by atoms with E-state index in [4.69, 9.17) is 11.5 Å². The van der Waals surface area contributed by atoms with Crippen molar-refractivity contribution in [2.75, 3.05) is 0 Å². The molecule has 0 heterocycles. The molecule has 1 aliphatic carbocycles. The maximum atomic E-state index is 6.46. The minimum atomic E-state index is -0.110. The average Bonchev–Trinajstić information content (AvgIpc) is 3.04. The average molecular weight is 276 g/mol. The highest BCUT2D eigenvalue weighted by atomic mass is 14.7. The van der Waals surface area contributed by atoms with E-state index in [-0.39, 0.29) is 18.0 Å². The first-order chi connectivity index (χ1) is 10.3. The summed E-state index contributed by atoms with van der Waals surface area (Å²) in [5.74, 6) is 0.155. The third kappa shape index (κ3) is 2.82. The van der Waals surface area contributed by atoms with E-state index >= 15 is 0 Å². The predicted molar refractivity (Wildman–Crippen MR) is 87.5 cm³/mol. The highest BCUT2D eigenvalue weighted by Crippen LogP contribution is 2.36. The summed E-state index contributed by atoms with van der Waals surface area (Å²) in [6, 6.07) is 20.2. The molecule has 0 amide bonds. The third-order valence-electron chi connectivity index (χ3n) is 4.08. The molecule has 0 fully saturated rings. The Hall–Kier alpha value is -2.16. The first-order valence-electron chi connectivity index (χ1n) is 7.26. The number of hydrogen-bond donors (Lipinski definition) is 2. The fourth-order valence-corrected chi connectivity index (χ4v) is 2.88. The zero-order valence-electron chi connectivity index (χ0n) is 11.9. The molecule has 0 bridgehead atoms. The Kier molecular flexibility index (Phi) is 4.00. The van der Waals surface area contributed by atoms with Gasteiger partial charge in [-0.15, -0.1) is 0 Å². The van der Waals surface area contributed by atoms with Gasteiger partial charge in [0.25, 0.3) is 0 Å². The smallest absolute Gasteiger partial charge is 0.0520 e. The van der Waals surface area contributed by atoms with Crippen LogP contribution in [0.2, 0.25) is 0 Å². The van der Waals surface area contributed by atoms with Crippen molar-refractivity contribution in [1.82, 2.24) is 0 Å². The molecule has 0 aliphatic heterocycles. The van der Waals surface area contributed by atoms with Crippen LogP contribution in [0.5, 0.6) is 0 Å². The molecule has 3 rings (SSSR count). The summed E-state index contributed by atoms with van der Waals surface area (Å²) in [6.45, 7) is 0. The van der Waals surface area contributed by atoms with Gasteiger partial charge in [0, 0.05) is 12.0 Å². The zero-order chi connectivity index (χ0) is 14.7. The van der Waals surface area contributed by atoms with E-state index in [2.05, 4.69) is 42.5 Å². The standard InChI is InChI=1S/C19H20N2/c20-18(14-8-3-1-4-9-14)16-12-7-13-17(16)19(21)15-10-5-2-6-11-15/h1-13,16,18-19H,20-21H2/t16?,18-,19+/m0/s1. The fourth-order valence-electron chi connectivity index (χ4n) is 2.88. The minimum Gasteiger partial charge on any atom is -0.323 e. The molecule has 0 saturated heterocycles. The molecular weight excluding hydrogens is 256 g/mol. The maximum Gasteiger partial charge on any atom is 0.0520 e. The van der Waals surface area contributed by atoms with E-state index < -0.39 is 0 Å². The number of nitrogens with two attached hydrogens (primary N) is 2. The lowest BCUT2D eigenvalue weighted by Gasteiger charge is -2.26. The van der Waals surface area contributed by atoms with Gasteiger partial charge in [-0.3, -0.25) is 0 Å². The summed E-state index contributed by atoms with van der Waals surface area (Å²) in [5, 5.41) is 0. The molecule has 2 aromatic carbocycles. The van der Waals surface area contributed by atoms with Gasteiger partial charge in [-0.2, -0.15) is 0 Å². The molecule has 21 heavy (non-hydrogen) atoms. The van der Waals surface area contributed by atoms with Crippen LogP contribution >= 0.6 is 0 Å². The molecule has 4 N–H and O–H groups in total. The number of hydrogen-bond acceptors (Lipinski definition) is 2. The topological polar surface area (TPSA) is 52.0 Å². The van der Waals surface area contributed by atoms with Crippen LogP contribution in [0.1, 0.15) is 23.2 Å². The van der Waals surface area contributed by atoms with Gasteiger partial charge in [0.15, 0.2) is 0 Å². The van der Waals surface area contributed by atoms with Gasteiger partial charge < -0.3 is 11.5 Å². The highest BCUT2D eigenvalue weighted by Gasteiger charge is 2.27. The summed E-state index contributed by atoms with van der Waals surface area (Å²) in [4.78, 5) is 0. The van der Waals surface area contributed by atoms with Crippen LogP contribution in [0, 0.1) is 5.92 Å². The third-order valence-corrected chi connectivity index (χ3v) is 4.08. The quantitative estimate of drug-likeness (QED) is 0.898. The van der Waals surface area contributed by atoms with Gasteiger partial charge in [0.1, 0.15) is 0 Å². The van der Waals surface area contributed by atoms with Gasteiger partial charge in [-0.25, -0.2) is 0 Å². The lowest BCUT2D eigenvalue weighted by Crippen LogP contribution is -2.26. The maximum absolute atomic E-state index is 6.46. The molecule has 0 aromatic heterocycles. The predicted octanol–water partition coefficient (Wildman–Crippen LogP) is 3.50. The minimum absolute atomic E-state index is 0.0639. The molecule has 1 unspecified atom stereocenters. The fraction of sp³-hybridized carbons (Fsp3) is 0.158. The van der Waals surface area contributed by atoms with Crippen molar-refractivity contribution in [2.45, 2.75) is 12.1 Å². The van der Waals surface area contributed by atoms with Gasteiger partial charge in [0.2, 0.25) is 0 Å². The van der Waals surface area contributed by atoms with Crippen molar-refractivity contribution in [3.63, 3.8) is 0 Å². The Morgan fingerprint density at radius 1 is 0.762 bits per heavy atom. The van der Waals surface area contributed by atoms with Crippen LogP contribution < -0.4 is 11.5 Å². The Balaban J connectivity index is 1.84. The Morgan fingerprint density at radius 2 is 1.33 bits per heavy atom. The van der Waals surface area contributed by atoms with Gasteiger partial charge in [-0.1, -0.05) is 78.9 Å². The Bertz CT molecular complexity index is 644. The largest absolute Gasteiger partial charge is 0.323 e. The van der Waals surface area contributed by atoms with Crippen molar-refractivity contribution in [2.24, 2.45) is 17.4 Å². The molecule has 2 aromatic rings. The van der Waals surface area contributed by atoms with Crippen LogP contribution in [0.15, 0.2) is 84.5 Å². The molecular formula is C19H20N2. The van der Waals surface area contributed by atoms with Crippen LogP contribution in [0.4, 0.5) is 0 Å². The van der Waals surface area contributed by atoms with Crippen molar-refractivity contribution < 1.29 is 0 Å². The summed E-state index contributed by atoms with van der Waals surface area (Å²) in [6.07, 6.45) is 6.31. The Morgan fingerprint density at radius 3 is 1.95 bits per heavy atom. The van der Waals surface area contributed by atoms with Crippen molar-refractivity contribution in [1.29, 1.82) is 0 Å². The molecule has 0 spiro atoms. The van der Waals surface area contributed by atoms with Crippen molar-refractivity contribution in [3.05, 3.63) is 95.6 Å². The second kappa shape index (κ2) is 6.08. The van der Waals surface area contributed by atoms with E-state index in [1.54, 1.807) is 0 Å². The van der Waals surface area contributed by atoms with Gasteiger partial charge in [-0.05, 0) is 16.7 Å². The summed E-state index contributed by atoms with van der Waals surface area (Å²) >= 11 is 0. The van der Waals surface area contributed by atoms with Crippen molar-refractivity contribution in [3.8, 4) is 0 Å². The summed E-state index contributed by atoms with van der Waals surface area (Å²) < 4.78 is 0. The lowest BCUT2D eigenvalue weighted by molar-refractivity contribution is 0.560. The summed E-state index contributed by atoms with van der Waals surface area (Å²) in [7, 11) is 0. The lowest BCUT2D eigenvalue weighted by atomic mass is 9.84. The second-order valence-electron chi connectivity index (χ2n) is 5.40. The number of allylic oxidation sites excluding steroid dienone is 2. The first kappa shape index (κ1) is 13.8. The second-order valence-corrected chi connectivity index (χ2v) is 5.40. The van der Waals surface area contributed by atoms with E-state index in [9.17, 15) is 0 Å². The van der Waals surface area contributed by atoms with E-state index in [0.717, 1.165) is 11.1 Å². The molecule has 1 aliphatic rings. The van der Waals surface area contributed by atoms with Gasteiger partial charge >= 0.3 is 0 Å². The monoisotopic (exact) mass is 276 g/mol. The van der Waals surface area contributed by atoms with Crippen LogP contribution in [-0.4, -0.2) is 0 Å². The van der Waals surface area contributed by atoms with E-state index in [0.29, 0.717) is 0 Å². The zero-order valence-corrected chi connectivity index (χ0v) is 11.9. The first-order valence-corrected chi connectivity index (χ1v) is 7.26. The Labute approximate surface area is 125 Å². The molecule has 3 atom stereocenters. The molecule has 2 nitrogen and oxygen atoms in total. The summed E-state index contributed by atoms with van der Waals surface area (Å²) in [5.41, 5.74) is 16.3. The van der Waals surface area contributed by atoms with Crippen molar-refractivity contribution >= 4 is 0 Å². The van der Waals surface area contributed by atoms with Crippen LogP contribution in [-0.2, 0) is 0 Å². The molecule has 2 heteroatoms. The number of benzene rings is 2. The molecule has 0 saturated carbocycles.